The topological polar surface area (TPSA) is 94.8 Å². The molecule has 0 spiro atoms. The smallest absolute Gasteiger partial charge is 0.342 e. The molecule has 0 saturated heterocycles. The van der Waals surface area contributed by atoms with E-state index in [-0.39, 0.29) is 4.90 Å². The number of rotatable bonds is 5. The highest BCUT2D eigenvalue weighted by atomic mass is 32.2. The van der Waals surface area contributed by atoms with Gasteiger partial charge in [-0.25, -0.2) is 13.2 Å². The highest BCUT2D eigenvalue weighted by molar-refractivity contribution is 7.92. The van der Waals surface area contributed by atoms with Crippen LogP contribution in [-0.4, -0.2) is 28.6 Å². The Morgan fingerprint density at radius 3 is 2.23 bits per heavy atom. The number of furan rings is 1. The van der Waals surface area contributed by atoms with Crippen molar-refractivity contribution in [3.63, 3.8) is 0 Å². The molecule has 2 aromatic carbocycles. The number of hydrogen-bond acceptors (Lipinski definition) is 6. The summed E-state index contributed by atoms with van der Waals surface area (Å²) in [6.45, 7) is 7.55. The minimum absolute atomic E-state index is 0.0959. The number of methoxy groups -OCH3 is 2. The molecular weight excluding hydrogens is 406 g/mol. The number of anilines is 1. The maximum atomic E-state index is 12.9. The van der Waals surface area contributed by atoms with Gasteiger partial charge in [0.05, 0.1) is 24.8 Å². The van der Waals surface area contributed by atoms with Gasteiger partial charge in [-0.3, -0.25) is 4.72 Å². The summed E-state index contributed by atoms with van der Waals surface area (Å²) >= 11 is 0. The van der Waals surface area contributed by atoms with Crippen LogP contribution in [0, 0.1) is 6.92 Å². The summed E-state index contributed by atoms with van der Waals surface area (Å²) in [6.07, 6.45) is 0. The summed E-state index contributed by atoms with van der Waals surface area (Å²) in [4.78, 5) is 12.6. The lowest BCUT2D eigenvalue weighted by molar-refractivity contribution is 0.0598. The molecule has 8 heteroatoms. The van der Waals surface area contributed by atoms with E-state index in [9.17, 15) is 13.2 Å². The van der Waals surface area contributed by atoms with Crippen molar-refractivity contribution in [1.82, 2.24) is 0 Å². The third-order valence-corrected chi connectivity index (χ3v) is 6.10. The van der Waals surface area contributed by atoms with E-state index in [2.05, 4.69) is 4.72 Å². The highest BCUT2D eigenvalue weighted by Gasteiger charge is 2.30. The van der Waals surface area contributed by atoms with Crippen molar-refractivity contribution in [2.75, 3.05) is 18.9 Å². The van der Waals surface area contributed by atoms with Crippen molar-refractivity contribution in [3.05, 3.63) is 53.3 Å². The van der Waals surface area contributed by atoms with E-state index in [0.29, 0.717) is 39.3 Å². The van der Waals surface area contributed by atoms with Gasteiger partial charge < -0.3 is 13.9 Å². The lowest BCUT2D eigenvalue weighted by atomic mass is 9.89. The van der Waals surface area contributed by atoms with E-state index in [1.807, 2.05) is 20.8 Å². The minimum Gasteiger partial charge on any atom is -0.497 e. The second-order valence-corrected chi connectivity index (χ2v) is 9.67. The monoisotopic (exact) mass is 431 g/mol. The second-order valence-electron chi connectivity index (χ2n) is 7.99. The van der Waals surface area contributed by atoms with E-state index in [1.54, 1.807) is 31.2 Å². The number of carbonyl (C=O) groups is 1. The molecule has 0 aliphatic rings. The zero-order chi connectivity index (χ0) is 22.3. The molecule has 3 rings (SSSR count). The summed E-state index contributed by atoms with van der Waals surface area (Å²) < 4.78 is 44.3. The molecule has 0 aliphatic heterocycles. The van der Waals surface area contributed by atoms with Crippen LogP contribution in [0.25, 0.3) is 11.0 Å². The molecule has 1 N–H and O–H groups in total. The predicted molar refractivity (Wildman–Crippen MR) is 115 cm³/mol. The fraction of sp³-hybridized carbons (Fsp3) is 0.318. The van der Waals surface area contributed by atoms with Gasteiger partial charge in [-0.1, -0.05) is 20.8 Å². The normalized spacial score (nSPS) is 12.1. The lowest BCUT2D eigenvalue weighted by Gasteiger charge is -2.16. The van der Waals surface area contributed by atoms with Gasteiger partial charge in [0.25, 0.3) is 10.0 Å². The Balaban J connectivity index is 2.12. The summed E-state index contributed by atoms with van der Waals surface area (Å²) in [5.41, 5.74) is 1.35. The van der Waals surface area contributed by atoms with E-state index in [1.165, 1.54) is 26.4 Å². The first kappa shape index (κ1) is 21.7. The maximum Gasteiger partial charge on any atom is 0.342 e. The number of esters is 1. The largest absolute Gasteiger partial charge is 0.497 e. The third-order valence-electron chi connectivity index (χ3n) is 4.72. The van der Waals surface area contributed by atoms with Gasteiger partial charge in [0, 0.05) is 10.8 Å². The Labute approximate surface area is 176 Å². The molecule has 0 saturated carbocycles. The summed E-state index contributed by atoms with van der Waals surface area (Å²) in [6, 6.07) is 9.39. The minimum atomic E-state index is -3.84. The van der Waals surface area contributed by atoms with Crippen LogP contribution < -0.4 is 9.46 Å². The number of ether oxygens (including phenoxy) is 2. The molecule has 0 fully saturated rings. The molecule has 0 unspecified atom stereocenters. The van der Waals surface area contributed by atoms with Gasteiger partial charge in [0.15, 0.2) is 0 Å². The van der Waals surface area contributed by atoms with E-state index < -0.39 is 21.4 Å². The SMILES string of the molecule is COC(=O)c1c(C(C)(C)C)oc2cc(C)c(NS(=O)(=O)c3ccc(OC)cc3)cc12. The number of fused-ring (bicyclic) bond motifs is 1. The first-order valence-electron chi connectivity index (χ1n) is 9.30. The van der Waals surface area contributed by atoms with Gasteiger partial charge in [-0.05, 0) is 48.9 Å². The van der Waals surface area contributed by atoms with Crippen LogP contribution in [0.5, 0.6) is 5.75 Å². The number of nitrogens with one attached hydrogen (secondary N) is 1. The molecule has 1 aromatic heterocycles. The first-order chi connectivity index (χ1) is 14.0. The average molecular weight is 432 g/mol. The summed E-state index contributed by atoms with van der Waals surface area (Å²) in [5, 5.41) is 0.491. The Morgan fingerprint density at radius 2 is 1.70 bits per heavy atom. The number of hydrogen-bond donors (Lipinski definition) is 1. The van der Waals surface area contributed by atoms with Gasteiger partial charge in [0.2, 0.25) is 0 Å². The van der Waals surface area contributed by atoms with Crippen LogP contribution in [0.1, 0.15) is 42.5 Å². The lowest BCUT2D eigenvalue weighted by Crippen LogP contribution is -2.16. The van der Waals surface area contributed by atoms with Crippen LogP contribution in [0.2, 0.25) is 0 Å². The van der Waals surface area contributed by atoms with E-state index >= 15 is 0 Å². The molecule has 0 radical (unpaired) electrons. The molecule has 3 aromatic rings. The van der Waals surface area contributed by atoms with Crippen LogP contribution in [-0.2, 0) is 20.2 Å². The number of aryl methyl sites for hydroxylation is 1. The van der Waals surface area contributed by atoms with Gasteiger partial charge in [0.1, 0.15) is 22.7 Å². The molecule has 7 nitrogen and oxygen atoms in total. The zero-order valence-corrected chi connectivity index (χ0v) is 18.6. The average Bonchev–Trinajstić information content (AvgIpc) is 3.06. The fourth-order valence-electron chi connectivity index (χ4n) is 3.15. The standard InChI is InChI=1S/C22H25NO6S/c1-13-11-18-16(19(21(24)28-6)20(29-18)22(2,3)4)12-17(13)23-30(25,26)15-9-7-14(27-5)8-10-15/h7-12,23H,1-6H3. The molecule has 0 amide bonds. The Kier molecular flexibility index (Phi) is 5.56. The van der Waals surface area contributed by atoms with E-state index in [0.717, 1.165) is 0 Å². The van der Waals surface area contributed by atoms with Crippen LogP contribution in [0.4, 0.5) is 5.69 Å². The zero-order valence-electron chi connectivity index (χ0n) is 17.8. The predicted octanol–water partition coefficient (Wildman–Crippen LogP) is 4.63. The van der Waals surface area contributed by atoms with Crippen molar-refractivity contribution in [3.8, 4) is 5.75 Å². The number of carbonyl (C=O) groups excluding carboxylic acids is 1. The second kappa shape index (κ2) is 7.68. The van der Waals surface area contributed by atoms with Gasteiger partial charge >= 0.3 is 5.97 Å². The molecule has 0 bridgehead atoms. The fourth-order valence-corrected chi connectivity index (χ4v) is 4.27. The number of benzene rings is 2. The van der Waals surface area contributed by atoms with E-state index in [4.69, 9.17) is 13.9 Å². The molecule has 30 heavy (non-hydrogen) atoms. The quantitative estimate of drug-likeness (QED) is 0.592. The molecule has 160 valence electrons. The summed E-state index contributed by atoms with van der Waals surface area (Å²) in [7, 11) is -1.03. The molecule has 0 aliphatic carbocycles. The Bertz CT molecular complexity index is 1200. The number of sulfonamides is 1. The Hall–Kier alpha value is -3.00. The third kappa shape index (κ3) is 4.00. The van der Waals surface area contributed by atoms with Crippen molar-refractivity contribution in [2.24, 2.45) is 0 Å². The van der Waals surface area contributed by atoms with Gasteiger partial charge in [-0.15, -0.1) is 0 Å². The van der Waals surface area contributed by atoms with Crippen molar-refractivity contribution in [1.29, 1.82) is 0 Å². The molecule has 1 heterocycles. The van der Waals surface area contributed by atoms with Crippen molar-refractivity contribution < 1.29 is 27.1 Å². The highest BCUT2D eigenvalue weighted by Crippen LogP contribution is 2.37. The van der Waals surface area contributed by atoms with Crippen LogP contribution in [0.15, 0.2) is 45.7 Å². The van der Waals surface area contributed by atoms with Crippen LogP contribution >= 0.6 is 0 Å². The first-order valence-corrected chi connectivity index (χ1v) is 10.8. The van der Waals surface area contributed by atoms with Gasteiger partial charge in [-0.2, -0.15) is 0 Å². The van der Waals surface area contributed by atoms with Crippen molar-refractivity contribution >= 4 is 32.6 Å². The summed E-state index contributed by atoms with van der Waals surface area (Å²) in [5.74, 6) is 0.507. The molecule has 0 atom stereocenters. The Morgan fingerprint density at radius 1 is 1.07 bits per heavy atom. The maximum absolute atomic E-state index is 12.9. The van der Waals surface area contributed by atoms with Crippen LogP contribution in [0.3, 0.4) is 0 Å². The van der Waals surface area contributed by atoms with Crippen molar-refractivity contribution in [2.45, 2.75) is 38.0 Å². The molecular formula is C22H25NO6S.